The topological polar surface area (TPSA) is 64.1 Å². The third kappa shape index (κ3) is 7.27. The molecule has 6 nitrogen and oxygen atoms in total. The predicted molar refractivity (Wildman–Crippen MR) is 141 cm³/mol. The lowest BCUT2D eigenvalue weighted by Gasteiger charge is -2.27. The molecule has 0 saturated carbocycles. The number of ether oxygens (including phenoxy) is 3. The molecule has 1 atom stereocenters. The van der Waals surface area contributed by atoms with Crippen LogP contribution in [0.25, 0.3) is 0 Å². The Morgan fingerprint density at radius 2 is 2.00 bits per heavy atom. The quantitative estimate of drug-likeness (QED) is 0.288. The second kappa shape index (κ2) is 12.3. The van der Waals surface area contributed by atoms with E-state index >= 15 is 0 Å². The van der Waals surface area contributed by atoms with Crippen molar-refractivity contribution in [2.45, 2.75) is 45.3 Å². The van der Waals surface area contributed by atoms with E-state index in [0.29, 0.717) is 13.2 Å². The van der Waals surface area contributed by atoms with Gasteiger partial charge in [0.2, 0.25) is 0 Å². The number of nitrogens with one attached hydrogen (secondary N) is 2. The molecule has 0 aromatic heterocycles. The van der Waals surface area contributed by atoms with Gasteiger partial charge in [0.05, 0.1) is 20.3 Å². The van der Waals surface area contributed by atoms with Gasteiger partial charge in [-0.25, -0.2) is 0 Å². The Morgan fingerprint density at radius 1 is 1.19 bits per heavy atom. The van der Waals surface area contributed by atoms with Gasteiger partial charge < -0.3 is 24.8 Å². The third-order valence-electron chi connectivity index (χ3n) is 5.62. The molecule has 2 aromatic rings. The molecule has 1 aliphatic heterocycles. The molecule has 176 valence electrons. The number of hydrogen-bond acceptors (Lipinski definition) is 4. The van der Waals surface area contributed by atoms with Crippen molar-refractivity contribution in [1.82, 2.24) is 10.6 Å². The number of hydrogen-bond donors (Lipinski definition) is 2. The minimum Gasteiger partial charge on any atom is -0.497 e. The highest BCUT2D eigenvalue weighted by Gasteiger charge is 2.22. The zero-order valence-electron chi connectivity index (χ0n) is 19.7. The Morgan fingerprint density at radius 3 is 2.69 bits per heavy atom. The number of aryl methyl sites for hydroxylation is 1. The first kappa shape index (κ1) is 26.3. The third-order valence-corrected chi connectivity index (χ3v) is 5.62. The molecule has 2 aromatic carbocycles. The number of methoxy groups -OCH3 is 1. The number of guanidine groups is 1. The second-order valence-electron chi connectivity index (χ2n) is 8.61. The van der Waals surface area contributed by atoms with E-state index in [4.69, 9.17) is 14.2 Å². The highest BCUT2D eigenvalue weighted by atomic mass is 127. The molecule has 32 heavy (non-hydrogen) atoms. The van der Waals surface area contributed by atoms with Crippen LogP contribution in [0, 0.1) is 6.92 Å². The van der Waals surface area contributed by atoms with Crippen LogP contribution in [0.4, 0.5) is 0 Å². The van der Waals surface area contributed by atoms with E-state index in [9.17, 15) is 0 Å². The first-order chi connectivity index (χ1) is 14.9. The fourth-order valence-corrected chi connectivity index (χ4v) is 3.55. The number of aliphatic imine (C=N–C) groups is 1. The van der Waals surface area contributed by atoms with Crippen LogP contribution in [0.2, 0.25) is 0 Å². The zero-order chi connectivity index (χ0) is 22.3. The van der Waals surface area contributed by atoms with Crippen LogP contribution in [0.5, 0.6) is 11.5 Å². The normalized spacial score (nSPS) is 16.3. The van der Waals surface area contributed by atoms with E-state index in [1.54, 1.807) is 14.2 Å². The average molecular weight is 553 g/mol. The molecule has 2 N–H and O–H groups in total. The highest BCUT2D eigenvalue weighted by Crippen LogP contribution is 2.26. The van der Waals surface area contributed by atoms with Crippen molar-refractivity contribution in [3.8, 4) is 11.5 Å². The SMILES string of the molecule is CN=C(NCc1ccc(C)cc1OC1CCOC1)NCC(C)(C)c1cccc(OC)c1.I. The molecule has 0 radical (unpaired) electrons. The van der Waals surface area contributed by atoms with Crippen molar-refractivity contribution in [1.29, 1.82) is 0 Å². The maximum Gasteiger partial charge on any atom is 0.191 e. The van der Waals surface area contributed by atoms with E-state index in [0.717, 1.165) is 42.6 Å². The van der Waals surface area contributed by atoms with E-state index in [-0.39, 0.29) is 35.5 Å². The lowest BCUT2D eigenvalue weighted by molar-refractivity contribution is 0.140. The molecule has 1 saturated heterocycles. The average Bonchev–Trinajstić information content (AvgIpc) is 3.28. The number of halogens is 1. The Bertz CT molecular complexity index is 896. The molecule has 0 aliphatic carbocycles. The molecule has 1 unspecified atom stereocenters. The number of rotatable bonds is 8. The Kier molecular flexibility index (Phi) is 10.1. The van der Waals surface area contributed by atoms with Gasteiger partial charge in [0.15, 0.2) is 5.96 Å². The first-order valence-electron chi connectivity index (χ1n) is 10.8. The molecular formula is C25H36IN3O3. The van der Waals surface area contributed by atoms with Gasteiger partial charge in [-0.3, -0.25) is 4.99 Å². The molecule has 1 fully saturated rings. The standard InChI is InChI=1S/C25H35N3O3.HI/c1-18-9-10-19(23(13-18)31-22-11-12-30-16-22)15-27-24(26-4)28-17-25(2,3)20-7-6-8-21(14-20)29-5;/h6-10,13-14,22H,11-12,15-17H2,1-5H3,(H2,26,27,28);1H. The summed E-state index contributed by atoms with van der Waals surface area (Å²) in [4.78, 5) is 4.39. The largest absolute Gasteiger partial charge is 0.497 e. The summed E-state index contributed by atoms with van der Waals surface area (Å²) in [5, 5.41) is 6.88. The van der Waals surface area contributed by atoms with Gasteiger partial charge in [-0.1, -0.05) is 38.1 Å². The summed E-state index contributed by atoms with van der Waals surface area (Å²) in [5.41, 5.74) is 3.41. The summed E-state index contributed by atoms with van der Waals surface area (Å²) in [5.74, 6) is 2.54. The summed E-state index contributed by atoms with van der Waals surface area (Å²) < 4.78 is 17.0. The van der Waals surface area contributed by atoms with Gasteiger partial charge in [-0.2, -0.15) is 0 Å². The minimum atomic E-state index is -0.0905. The first-order valence-corrected chi connectivity index (χ1v) is 10.8. The molecule has 0 amide bonds. The van der Waals surface area contributed by atoms with Crippen LogP contribution in [0.3, 0.4) is 0 Å². The van der Waals surface area contributed by atoms with Crippen LogP contribution >= 0.6 is 24.0 Å². The van der Waals surface area contributed by atoms with Crippen molar-refractivity contribution in [3.63, 3.8) is 0 Å². The van der Waals surface area contributed by atoms with E-state index in [1.165, 1.54) is 11.1 Å². The van der Waals surface area contributed by atoms with Crippen molar-refractivity contribution in [2.24, 2.45) is 4.99 Å². The second-order valence-corrected chi connectivity index (χ2v) is 8.61. The Hall–Kier alpha value is -2.00. The predicted octanol–water partition coefficient (Wildman–Crippen LogP) is 4.43. The van der Waals surface area contributed by atoms with Crippen molar-refractivity contribution in [3.05, 3.63) is 59.2 Å². The van der Waals surface area contributed by atoms with Crippen molar-refractivity contribution >= 4 is 29.9 Å². The summed E-state index contributed by atoms with van der Waals surface area (Å²) in [7, 11) is 3.48. The summed E-state index contributed by atoms with van der Waals surface area (Å²) in [6.07, 6.45) is 1.06. The zero-order valence-corrected chi connectivity index (χ0v) is 22.1. The van der Waals surface area contributed by atoms with Crippen molar-refractivity contribution < 1.29 is 14.2 Å². The van der Waals surface area contributed by atoms with E-state index in [1.807, 2.05) is 12.1 Å². The van der Waals surface area contributed by atoms with Crippen LogP contribution in [0.15, 0.2) is 47.5 Å². The van der Waals surface area contributed by atoms with Crippen LogP contribution in [-0.4, -0.2) is 46.0 Å². The van der Waals surface area contributed by atoms with Crippen molar-refractivity contribution in [2.75, 3.05) is 33.9 Å². The fourth-order valence-electron chi connectivity index (χ4n) is 3.55. The molecular weight excluding hydrogens is 517 g/mol. The lowest BCUT2D eigenvalue weighted by Crippen LogP contribution is -2.43. The van der Waals surface area contributed by atoms with Gasteiger partial charge in [0, 0.05) is 37.5 Å². The van der Waals surface area contributed by atoms with Gasteiger partial charge in [-0.15, -0.1) is 24.0 Å². The molecule has 7 heteroatoms. The Labute approximate surface area is 209 Å². The van der Waals surface area contributed by atoms with Gasteiger partial charge in [-0.05, 0) is 36.2 Å². The van der Waals surface area contributed by atoms with E-state index in [2.05, 4.69) is 66.7 Å². The van der Waals surface area contributed by atoms with Gasteiger partial charge in [0.25, 0.3) is 0 Å². The minimum absolute atomic E-state index is 0. The maximum absolute atomic E-state index is 6.21. The number of nitrogens with zero attached hydrogens (tertiary/aromatic N) is 1. The van der Waals surface area contributed by atoms with Gasteiger partial charge >= 0.3 is 0 Å². The van der Waals surface area contributed by atoms with Gasteiger partial charge in [0.1, 0.15) is 17.6 Å². The molecule has 1 aliphatic rings. The molecule has 0 bridgehead atoms. The molecule has 0 spiro atoms. The molecule has 3 rings (SSSR count). The smallest absolute Gasteiger partial charge is 0.191 e. The summed E-state index contributed by atoms with van der Waals surface area (Å²) >= 11 is 0. The van der Waals surface area contributed by atoms with E-state index < -0.39 is 0 Å². The highest BCUT2D eigenvalue weighted by molar-refractivity contribution is 14.0. The summed E-state index contributed by atoms with van der Waals surface area (Å²) in [6, 6.07) is 14.5. The van der Waals surface area contributed by atoms with Crippen LogP contribution < -0.4 is 20.1 Å². The number of benzene rings is 2. The fraction of sp³-hybridized carbons (Fsp3) is 0.480. The summed E-state index contributed by atoms with van der Waals surface area (Å²) in [6.45, 7) is 9.28. The maximum atomic E-state index is 6.21. The van der Waals surface area contributed by atoms with Crippen LogP contribution in [-0.2, 0) is 16.7 Å². The van der Waals surface area contributed by atoms with Crippen LogP contribution in [0.1, 0.15) is 37.0 Å². The monoisotopic (exact) mass is 553 g/mol. The molecule has 1 heterocycles. The Balaban J connectivity index is 0.00000363. The lowest BCUT2D eigenvalue weighted by atomic mass is 9.84.